The van der Waals surface area contributed by atoms with Crippen molar-refractivity contribution in [2.45, 2.75) is 65.0 Å². The van der Waals surface area contributed by atoms with Gasteiger partial charge >= 0.3 is 11.4 Å². The lowest BCUT2D eigenvalue weighted by atomic mass is 10.1. The summed E-state index contributed by atoms with van der Waals surface area (Å²) in [4.78, 5) is 30.8. The van der Waals surface area contributed by atoms with Gasteiger partial charge in [-0.2, -0.15) is 9.97 Å². The third kappa shape index (κ3) is 16.2. The monoisotopic (exact) mass is 1030 g/mol. The van der Waals surface area contributed by atoms with E-state index in [9.17, 15) is 20.2 Å². The van der Waals surface area contributed by atoms with E-state index in [1.165, 1.54) is 60.7 Å². The molecule has 0 aliphatic heterocycles. The van der Waals surface area contributed by atoms with E-state index in [4.69, 9.17) is 126 Å². The average molecular weight is 1030 g/mol. The van der Waals surface area contributed by atoms with Crippen LogP contribution in [0.5, 0.6) is 35.0 Å². The molecule has 2 heterocycles. The molecule has 0 spiro atoms. The first-order valence-electron chi connectivity index (χ1n) is 18.6. The molecule has 4 rings (SSSR count). The number of ether oxygens (including phenoxy) is 7. The van der Waals surface area contributed by atoms with E-state index in [-0.39, 0.29) is 103 Å². The summed E-state index contributed by atoms with van der Waals surface area (Å²) in [6.45, 7) is 6.89. The van der Waals surface area contributed by atoms with Gasteiger partial charge in [0.25, 0.3) is 11.8 Å². The summed E-state index contributed by atoms with van der Waals surface area (Å²) in [5.41, 5.74) is -0.0538. The maximum atomic E-state index is 11.7. The number of rotatable bonds is 24. The molecule has 0 radical (unpaired) electrons. The number of nitrogens with zero attached hydrogens (tertiary/aromatic N) is 4. The molecule has 2 atom stereocenters. The van der Waals surface area contributed by atoms with Crippen LogP contribution in [-0.2, 0) is 4.74 Å². The lowest BCUT2D eigenvalue weighted by Crippen LogP contribution is -2.16. The Balaban J connectivity index is 1.63. The maximum Gasteiger partial charge on any atom is 0.331 e. The number of hydrogen-bond acceptors (Lipinski definition) is 13. The number of aromatic nitrogens is 2. The van der Waals surface area contributed by atoms with Crippen LogP contribution in [0.4, 0.5) is 11.4 Å². The third-order valence-corrected chi connectivity index (χ3v) is 9.88. The number of halogens is 8. The highest BCUT2D eigenvalue weighted by atomic mass is 35.5. The SMILES string of the molecule is CC(C)Oc1nc(OC(CCOCCC(Oc2ccc([N+](=O)[O-])c(OC(C)C)n2)c2c(Cl)cc(OCC=C(Cl)Cl)cc2Cl)c2c(Cl)cc(OCC=C(Cl)Cl)cc2Cl)ccc1[N+](=O)[O-]. The standard InChI is InChI=1S/C40H38Cl8N4O11/c1-21(2)60-39-29(51(53)54)5-7-35(49-39)62-31(37-25(41)17-23(18-26(37)42)58-15-11-33(45)46)9-13-57-14-10-32(38-27(43)19-24(20-28(38)44)59-16-12-34(47)48)63-36-8-6-30(52(55)56)40(50-36)61-22(3)4/h5-8,11-12,17-22,31-32H,9-10,13-16H2,1-4H3. The first kappa shape index (κ1) is 51.7. The quantitative estimate of drug-likeness (QED) is 0.0368. The minimum absolute atomic E-state index is 0.0106. The molecule has 0 bridgehead atoms. The molecule has 340 valence electrons. The fourth-order valence-electron chi connectivity index (χ4n) is 5.47. The normalized spacial score (nSPS) is 12.0. The van der Waals surface area contributed by atoms with Gasteiger partial charge in [-0.15, -0.1) is 0 Å². The summed E-state index contributed by atoms with van der Waals surface area (Å²) in [6, 6.07) is 11.1. The zero-order chi connectivity index (χ0) is 46.4. The summed E-state index contributed by atoms with van der Waals surface area (Å²) in [7, 11) is 0. The van der Waals surface area contributed by atoms with Crippen LogP contribution in [0.2, 0.25) is 20.1 Å². The molecule has 15 nitrogen and oxygen atoms in total. The van der Waals surface area contributed by atoms with Crippen LogP contribution in [0, 0.1) is 20.2 Å². The first-order chi connectivity index (χ1) is 29.8. The molecule has 0 saturated carbocycles. The van der Waals surface area contributed by atoms with Crippen LogP contribution in [-0.4, -0.2) is 58.5 Å². The number of hydrogen-bond donors (Lipinski definition) is 0. The second-order valence-electron chi connectivity index (χ2n) is 13.4. The van der Waals surface area contributed by atoms with E-state index in [1.54, 1.807) is 27.7 Å². The number of pyridine rings is 2. The minimum atomic E-state index is -0.937. The van der Waals surface area contributed by atoms with Crippen LogP contribution in [0.1, 0.15) is 63.9 Å². The summed E-state index contributed by atoms with van der Waals surface area (Å²) < 4.78 is 41.3. The van der Waals surface area contributed by atoms with Gasteiger partial charge < -0.3 is 33.2 Å². The van der Waals surface area contributed by atoms with Crippen molar-refractivity contribution in [3.05, 3.63) is 121 Å². The maximum absolute atomic E-state index is 11.7. The van der Waals surface area contributed by atoms with Gasteiger partial charge in [0.2, 0.25) is 11.8 Å². The second-order valence-corrected chi connectivity index (χ2v) is 17.1. The Kier molecular flexibility index (Phi) is 20.5. The summed E-state index contributed by atoms with van der Waals surface area (Å²) in [5, 5.41) is 24.1. The lowest BCUT2D eigenvalue weighted by molar-refractivity contribution is -0.386. The molecule has 2 aromatic heterocycles. The minimum Gasteiger partial charge on any atom is -0.489 e. The Bertz CT molecular complexity index is 2090. The van der Waals surface area contributed by atoms with Gasteiger partial charge in [0.1, 0.15) is 45.9 Å². The smallest absolute Gasteiger partial charge is 0.331 e. The highest BCUT2D eigenvalue weighted by molar-refractivity contribution is 6.56. The molecule has 2 aromatic carbocycles. The highest BCUT2D eigenvalue weighted by Crippen LogP contribution is 2.41. The Hall–Kier alpha value is -3.90. The van der Waals surface area contributed by atoms with E-state index in [1.807, 2.05) is 0 Å². The highest BCUT2D eigenvalue weighted by Gasteiger charge is 2.27. The first-order valence-corrected chi connectivity index (χ1v) is 21.7. The lowest BCUT2D eigenvalue weighted by Gasteiger charge is -2.23. The molecule has 0 amide bonds. The summed E-state index contributed by atoms with van der Waals surface area (Å²) >= 11 is 49.9. The Morgan fingerprint density at radius 3 is 1.25 bits per heavy atom. The fraction of sp³-hybridized carbons (Fsp3) is 0.350. The third-order valence-electron chi connectivity index (χ3n) is 8.02. The van der Waals surface area contributed by atoms with Gasteiger partial charge in [-0.1, -0.05) is 92.8 Å². The summed E-state index contributed by atoms with van der Waals surface area (Å²) in [5.74, 6) is 0.0533. The van der Waals surface area contributed by atoms with Crippen molar-refractivity contribution in [1.29, 1.82) is 0 Å². The molecule has 0 aliphatic carbocycles. The molecule has 0 aliphatic rings. The van der Waals surface area contributed by atoms with Gasteiger partial charge in [-0.05, 0) is 64.1 Å². The molecule has 4 aromatic rings. The number of nitro groups is 2. The van der Waals surface area contributed by atoms with Crippen molar-refractivity contribution >= 4 is 104 Å². The Morgan fingerprint density at radius 2 is 0.952 bits per heavy atom. The van der Waals surface area contributed by atoms with Gasteiger partial charge in [0.15, 0.2) is 0 Å². The van der Waals surface area contributed by atoms with E-state index >= 15 is 0 Å². The van der Waals surface area contributed by atoms with E-state index in [0.29, 0.717) is 22.6 Å². The van der Waals surface area contributed by atoms with E-state index in [0.717, 1.165) is 0 Å². The van der Waals surface area contributed by atoms with Gasteiger partial charge in [-0.3, -0.25) is 20.2 Å². The largest absolute Gasteiger partial charge is 0.489 e. The fourth-order valence-corrected chi connectivity index (χ4v) is 7.14. The van der Waals surface area contributed by atoms with Gasteiger partial charge in [0.05, 0.1) is 55.4 Å². The zero-order valence-electron chi connectivity index (χ0n) is 33.6. The van der Waals surface area contributed by atoms with Crippen LogP contribution in [0.25, 0.3) is 0 Å². The molecular formula is C40H38Cl8N4O11. The average Bonchev–Trinajstić information content (AvgIpc) is 3.16. The van der Waals surface area contributed by atoms with Crippen LogP contribution >= 0.6 is 92.8 Å². The van der Waals surface area contributed by atoms with Crippen molar-refractivity contribution in [1.82, 2.24) is 9.97 Å². The molecule has 0 fully saturated rings. The molecular weight excluding hydrogens is 996 g/mol. The molecule has 2 unspecified atom stereocenters. The molecule has 23 heteroatoms. The van der Waals surface area contributed by atoms with Gasteiger partial charge in [0, 0.05) is 48.2 Å². The van der Waals surface area contributed by atoms with Crippen molar-refractivity contribution in [3.63, 3.8) is 0 Å². The van der Waals surface area contributed by atoms with Crippen LogP contribution in [0.15, 0.2) is 69.7 Å². The van der Waals surface area contributed by atoms with Crippen molar-refractivity contribution in [2.75, 3.05) is 26.4 Å². The predicted molar refractivity (Wildman–Crippen MR) is 244 cm³/mol. The Morgan fingerprint density at radius 1 is 0.603 bits per heavy atom. The van der Waals surface area contributed by atoms with Crippen LogP contribution < -0.4 is 28.4 Å². The molecule has 0 saturated heterocycles. The predicted octanol–water partition coefficient (Wildman–Crippen LogP) is 13.6. The van der Waals surface area contributed by atoms with Gasteiger partial charge in [-0.25, -0.2) is 0 Å². The Labute approximate surface area is 402 Å². The number of benzene rings is 2. The van der Waals surface area contributed by atoms with Crippen molar-refractivity contribution in [2.24, 2.45) is 0 Å². The van der Waals surface area contributed by atoms with E-state index < -0.39 is 34.3 Å². The zero-order valence-corrected chi connectivity index (χ0v) is 39.7. The summed E-state index contributed by atoms with van der Waals surface area (Å²) in [6.07, 6.45) is 0.334. The van der Waals surface area contributed by atoms with Crippen LogP contribution in [0.3, 0.4) is 0 Å². The van der Waals surface area contributed by atoms with Crippen molar-refractivity contribution < 1.29 is 43.0 Å². The van der Waals surface area contributed by atoms with E-state index in [2.05, 4.69) is 9.97 Å². The second kappa shape index (κ2) is 25.0. The molecule has 0 N–H and O–H groups in total. The molecule has 63 heavy (non-hydrogen) atoms. The topological polar surface area (TPSA) is 177 Å². The van der Waals surface area contributed by atoms with Crippen molar-refractivity contribution in [3.8, 4) is 35.0 Å².